The van der Waals surface area contributed by atoms with E-state index in [2.05, 4.69) is 30.9 Å². The number of rotatable bonds is 5. The maximum atomic E-state index is 12.0. The van der Waals surface area contributed by atoms with E-state index in [0.717, 1.165) is 5.56 Å². The third-order valence-corrected chi connectivity index (χ3v) is 3.07. The number of anilines is 2. The van der Waals surface area contributed by atoms with Crippen molar-refractivity contribution < 1.29 is 9.90 Å². The highest BCUT2D eigenvalue weighted by Crippen LogP contribution is 2.15. The summed E-state index contributed by atoms with van der Waals surface area (Å²) in [6, 6.07) is 8.96. The largest absolute Gasteiger partial charge is 0.394 e. The molecule has 0 aliphatic heterocycles. The Hall–Kier alpha value is -3.33. The summed E-state index contributed by atoms with van der Waals surface area (Å²) in [7, 11) is 0. The van der Waals surface area contributed by atoms with Crippen molar-refractivity contribution in [2.45, 2.75) is 6.54 Å². The van der Waals surface area contributed by atoms with Crippen molar-refractivity contribution in [3.05, 3.63) is 48.9 Å². The van der Waals surface area contributed by atoms with Gasteiger partial charge >= 0.3 is 6.03 Å². The van der Waals surface area contributed by atoms with Gasteiger partial charge in [-0.25, -0.2) is 9.78 Å². The lowest BCUT2D eigenvalue weighted by atomic mass is 10.2. The van der Waals surface area contributed by atoms with Gasteiger partial charge in [0.1, 0.15) is 0 Å². The van der Waals surface area contributed by atoms with Crippen LogP contribution in [0.2, 0.25) is 0 Å². The van der Waals surface area contributed by atoms with Gasteiger partial charge in [-0.05, 0) is 0 Å². The third kappa shape index (κ3) is 3.90. The maximum absolute atomic E-state index is 12.0. The van der Waals surface area contributed by atoms with E-state index in [1.807, 2.05) is 30.3 Å². The number of hydrogen-bond donors (Lipinski definition) is 3. The molecule has 0 spiro atoms. The van der Waals surface area contributed by atoms with E-state index in [-0.39, 0.29) is 12.6 Å². The van der Waals surface area contributed by atoms with Gasteiger partial charge in [-0.1, -0.05) is 30.3 Å². The van der Waals surface area contributed by atoms with Crippen LogP contribution in [0, 0.1) is 0 Å². The quantitative estimate of drug-likeness (QED) is 0.652. The number of aliphatic hydroxyl groups is 1. The number of carbonyl (C=O) groups excluding carboxylic acids is 1. The summed E-state index contributed by atoms with van der Waals surface area (Å²) in [5.74, 6) is 0.0941. The molecule has 24 heavy (non-hydrogen) atoms. The summed E-state index contributed by atoms with van der Waals surface area (Å²) in [6.45, 7) is 0.328. The van der Waals surface area contributed by atoms with E-state index >= 15 is 0 Å². The van der Waals surface area contributed by atoms with E-state index in [1.54, 1.807) is 6.20 Å². The van der Waals surface area contributed by atoms with Crippen LogP contribution in [-0.4, -0.2) is 42.7 Å². The second kappa shape index (κ2) is 7.29. The van der Waals surface area contributed by atoms with Crippen LogP contribution in [0.25, 0.3) is 11.3 Å². The lowest BCUT2D eigenvalue weighted by Crippen LogP contribution is -2.21. The minimum Gasteiger partial charge on any atom is -0.394 e. The molecular formula is C15H15N7O2. The number of nitrogens with zero attached hydrogens (tertiary/aromatic N) is 5. The molecule has 0 fully saturated rings. The number of aliphatic hydroxyl groups excluding tert-OH is 1. The molecule has 1 aromatic carbocycles. The number of urea groups is 1. The second-order valence-corrected chi connectivity index (χ2v) is 4.83. The topological polar surface area (TPSA) is 118 Å². The molecule has 0 saturated carbocycles. The highest BCUT2D eigenvalue weighted by molar-refractivity contribution is 5.98. The summed E-state index contributed by atoms with van der Waals surface area (Å²) in [5.41, 5.74) is 1.98. The van der Waals surface area contributed by atoms with Crippen LogP contribution in [0.5, 0.6) is 0 Å². The van der Waals surface area contributed by atoms with E-state index in [4.69, 9.17) is 5.11 Å². The number of nitrogens with one attached hydrogen (secondary N) is 2. The van der Waals surface area contributed by atoms with Gasteiger partial charge in [0.25, 0.3) is 5.95 Å². The van der Waals surface area contributed by atoms with E-state index in [9.17, 15) is 4.79 Å². The smallest absolute Gasteiger partial charge is 0.326 e. The van der Waals surface area contributed by atoms with Crippen LogP contribution in [0.15, 0.2) is 48.9 Å². The first-order chi connectivity index (χ1) is 11.7. The zero-order valence-electron chi connectivity index (χ0n) is 12.6. The SMILES string of the molecule is O=C(Nc1cnn(CCO)c1)Nc1nncc(-c2ccccc2)n1. The zero-order chi connectivity index (χ0) is 16.8. The number of hydrogen-bond acceptors (Lipinski definition) is 6. The minimum atomic E-state index is -0.509. The Morgan fingerprint density at radius 2 is 2.00 bits per heavy atom. The molecule has 2 heterocycles. The van der Waals surface area contributed by atoms with Crippen molar-refractivity contribution in [2.24, 2.45) is 0 Å². The highest BCUT2D eigenvalue weighted by atomic mass is 16.3. The van der Waals surface area contributed by atoms with Crippen LogP contribution in [0.4, 0.5) is 16.4 Å². The molecule has 9 heteroatoms. The fraction of sp³-hybridized carbons (Fsp3) is 0.133. The molecule has 0 aliphatic rings. The molecule has 0 saturated heterocycles. The van der Waals surface area contributed by atoms with E-state index < -0.39 is 6.03 Å². The molecule has 3 aromatic rings. The van der Waals surface area contributed by atoms with Gasteiger partial charge in [-0.15, -0.1) is 5.10 Å². The molecule has 9 nitrogen and oxygen atoms in total. The van der Waals surface area contributed by atoms with Crippen molar-refractivity contribution >= 4 is 17.7 Å². The first kappa shape index (κ1) is 15.6. The van der Waals surface area contributed by atoms with Crippen LogP contribution >= 0.6 is 0 Å². The van der Waals surface area contributed by atoms with Crippen LogP contribution in [0.3, 0.4) is 0 Å². The predicted octanol–water partition coefficient (Wildman–Crippen LogP) is 1.37. The lowest BCUT2D eigenvalue weighted by molar-refractivity contribution is 0.262. The second-order valence-electron chi connectivity index (χ2n) is 4.83. The monoisotopic (exact) mass is 325 g/mol. The molecule has 3 N–H and O–H groups in total. The van der Waals surface area contributed by atoms with E-state index in [0.29, 0.717) is 17.9 Å². The van der Waals surface area contributed by atoms with Crippen molar-refractivity contribution in [3.63, 3.8) is 0 Å². The Morgan fingerprint density at radius 3 is 2.79 bits per heavy atom. The first-order valence-electron chi connectivity index (χ1n) is 7.21. The zero-order valence-corrected chi connectivity index (χ0v) is 12.6. The summed E-state index contributed by atoms with van der Waals surface area (Å²) >= 11 is 0. The van der Waals surface area contributed by atoms with Gasteiger partial charge < -0.3 is 10.4 Å². The average Bonchev–Trinajstić information content (AvgIpc) is 3.03. The molecule has 122 valence electrons. The fourth-order valence-electron chi connectivity index (χ4n) is 2.02. The van der Waals surface area contributed by atoms with Crippen molar-refractivity contribution in [1.29, 1.82) is 0 Å². The Labute approximate surface area is 137 Å². The Morgan fingerprint density at radius 1 is 1.17 bits per heavy atom. The third-order valence-electron chi connectivity index (χ3n) is 3.07. The molecule has 2 aromatic heterocycles. The lowest BCUT2D eigenvalue weighted by Gasteiger charge is -2.05. The Balaban J connectivity index is 1.66. The summed E-state index contributed by atoms with van der Waals surface area (Å²) in [5, 5.41) is 25.6. The molecule has 2 amide bonds. The van der Waals surface area contributed by atoms with Crippen LogP contribution in [-0.2, 0) is 6.54 Å². The highest BCUT2D eigenvalue weighted by Gasteiger charge is 2.08. The van der Waals surface area contributed by atoms with Crippen LogP contribution in [0.1, 0.15) is 0 Å². The molecular weight excluding hydrogens is 310 g/mol. The standard InChI is InChI=1S/C15H15N7O2/c23-7-6-22-10-12(8-17-22)18-15(24)20-14-19-13(9-16-21-14)11-4-2-1-3-5-11/h1-5,8-10,23H,6-7H2,(H2,18,19,20,21,24). The van der Waals surface area contributed by atoms with Crippen LogP contribution < -0.4 is 10.6 Å². The fourth-order valence-corrected chi connectivity index (χ4v) is 2.02. The van der Waals surface area contributed by atoms with Gasteiger partial charge in [0.2, 0.25) is 0 Å². The van der Waals surface area contributed by atoms with E-state index in [1.165, 1.54) is 17.1 Å². The predicted molar refractivity (Wildman–Crippen MR) is 87.2 cm³/mol. The molecule has 0 unspecified atom stereocenters. The summed E-state index contributed by atoms with van der Waals surface area (Å²) in [4.78, 5) is 16.2. The average molecular weight is 325 g/mol. The van der Waals surface area contributed by atoms with Crippen molar-refractivity contribution in [2.75, 3.05) is 17.2 Å². The Kier molecular flexibility index (Phi) is 4.73. The van der Waals surface area contributed by atoms with Crippen molar-refractivity contribution in [1.82, 2.24) is 25.0 Å². The maximum Gasteiger partial charge on any atom is 0.326 e. The Bertz CT molecular complexity index is 819. The molecule has 0 aliphatic carbocycles. The number of benzene rings is 1. The molecule has 3 rings (SSSR count). The normalized spacial score (nSPS) is 10.4. The summed E-state index contributed by atoms with van der Waals surface area (Å²) in [6.07, 6.45) is 4.61. The first-order valence-corrected chi connectivity index (χ1v) is 7.21. The van der Waals surface area contributed by atoms with Gasteiger partial charge in [-0.2, -0.15) is 10.2 Å². The molecule has 0 bridgehead atoms. The summed E-state index contributed by atoms with van der Waals surface area (Å²) < 4.78 is 1.52. The minimum absolute atomic E-state index is 0.0287. The van der Waals surface area contributed by atoms with Gasteiger partial charge in [-0.3, -0.25) is 10.00 Å². The number of carbonyl (C=O) groups is 1. The van der Waals surface area contributed by atoms with Gasteiger partial charge in [0.05, 0.1) is 36.9 Å². The number of aromatic nitrogens is 5. The molecule has 0 radical (unpaired) electrons. The van der Waals surface area contributed by atoms with Gasteiger partial charge in [0, 0.05) is 11.8 Å². The number of amides is 2. The van der Waals surface area contributed by atoms with Gasteiger partial charge in [0.15, 0.2) is 0 Å². The molecule has 0 atom stereocenters. The van der Waals surface area contributed by atoms with Crippen molar-refractivity contribution in [3.8, 4) is 11.3 Å².